The summed E-state index contributed by atoms with van der Waals surface area (Å²) in [5.74, 6) is 0.0541. The topological polar surface area (TPSA) is 20.3 Å². The second-order valence-electron chi connectivity index (χ2n) is 5.13. The Morgan fingerprint density at radius 1 is 0.947 bits per heavy atom. The van der Waals surface area contributed by atoms with E-state index in [1.165, 1.54) is 12.8 Å². The van der Waals surface area contributed by atoms with Gasteiger partial charge in [-0.15, -0.1) is 0 Å². The lowest BCUT2D eigenvalue weighted by Crippen LogP contribution is -2.36. The van der Waals surface area contributed by atoms with E-state index >= 15 is 0 Å². The minimum atomic E-state index is 0.0541. The maximum absolute atomic E-state index is 12.4. The van der Waals surface area contributed by atoms with Crippen molar-refractivity contribution in [2.75, 3.05) is 13.1 Å². The van der Waals surface area contributed by atoms with Crippen LogP contribution in [0.25, 0.3) is 0 Å². The zero-order valence-electron chi connectivity index (χ0n) is 10.6. The van der Waals surface area contributed by atoms with Crippen molar-refractivity contribution >= 4 is 29.1 Å². The van der Waals surface area contributed by atoms with Gasteiger partial charge in [0.25, 0.3) is 5.91 Å². The van der Waals surface area contributed by atoms with E-state index in [1.54, 1.807) is 29.3 Å². The first kappa shape index (κ1) is 13.0. The fourth-order valence-corrected chi connectivity index (χ4v) is 2.86. The first-order valence-corrected chi connectivity index (χ1v) is 7.35. The molecule has 0 bridgehead atoms. The second-order valence-corrected chi connectivity index (χ2v) is 5.94. The van der Waals surface area contributed by atoms with Crippen LogP contribution in [0, 0.1) is 0 Å². The molecule has 2 aliphatic rings. The van der Waals surface area contributed by atoms with E-state index in [0.29, 0.717) is 15.6 Å². The number of amides is 1. The lowest BCUT2D eigenvalue weighted by molar-refractivity contribution is 0.0743. The molecule has 19 heavy (non-hydrogen) atoms. The SMILES string of the molecule is O=C(c1ccc(Cl)c(Cl)c1)N1CCC(=C2CC2)CC1. The van der Waals surface area contributed by atoms with E-state index in [4.69, 9.17) is 23.2 Å². The first-order valence-electron chi connectivity index (χ1n) is 6.59. The average Bonchev–Trinajstić information content (AvgIpc) is 3.26. The first-order chi connectivity index (χ1) is 9.15. The Labute approximate surface area is 123 Å². The van der Waals surface area contributed by atoms with Gasteiger partial charge in [-0.1, -0.05) is 34.3 Å². The molecule has 0 unspecified atom stereocenters. The number of rotatable bonds is 1. The predicted octanol–water partition coefficient (Wildman–Crippen LogP) is 4.32. The molecule has 1 aromatic carbocycles. The fraction of sp³-hybridized carbons (Fsp3) is 0.400. The minimum absolute atomic E-state index is 0.0541. The van der Waals surface area contributed by atoms with Gasteiger partial charge >= 0.3 is 0 Å². The molecule has 1 aliphatic heterocycles. The molecule has 1 amide bonds. The fourth-order valence-electron chi connectivity index (χ4n) is 2.56. The highest BCUT2D eigenvalue weighted by Gasteiger charge is 2.25. The second kappa shape index (κ2) is 5.18. The van der Waals surface area contributed by atoms with Gasteiger partial charge in [0, 0.05) is 18.7 Å². The molecule has 3 rings (SSSR count). The minimum Gasteiger partial charge on any atom is -0.338 e. The third-order valence-electron chi connectivity index (χ3n) is 3.82. The molecule has 0 N–H and O–H groups in total. The van der Waals surface area contributed by atoms with Gasteiger partial charge in [0.1, 0.15) is 0 Å². The predicted molar refractivity (Wildman–Crippen MR) is 77.9 cm³/mol. The number of allylic oxidation sites excluding steroid dienone is 1. The van der Waals surface area contributed by atoms with Crippen molar-refractivity contribution in [2.45, 2.75) is 25.7 Å². The van der Waals surface area contributed by atoms with Crippen molar-refractivity contribution in [1.29, 1.82) is 0 Å². The molecule has 4 heteroatoms. The number of piperidine rings is 1. The molecule has 1 heterocycles. The van der Waals surface area contributed by atoms with Crippen LogP contribution in [0.15, 0.2) is 29.3 Å². The Bertz CT molecular complexity index is 549. The highest BCUT2D eigenvalue weighted by atomic mass is 35.5. The number of hydrogen-bond acceptors (Lipinski definition) is 1. The summed E-state index contributed by atoms with van der Waals surface area (Å²) in [6.45, 7) is 1.63. The quantitative estimate of drug-likeness (QED) is 0.707. The molecular formula is C15H15Cl2NO. The molecule has 1 saturated carbocycles. The van der Waals surface area contributed by atoms with Crippen LogP contribution < -0.4 is 0 Å². The maximum atomic E-state index is 12.4. The van der Waals surface area contributed by atoms with Gasteiger partial charge < -0.3 is 4.90 Å². The van der Waals surface area contributed by atoms with Gasteiger partial charge in [-0.2, -0.15) is 0 Å². The summed E-state index contributed by atoms with van der Waals surface area (Å²) in [5, 5.41) is 0.919. The normalized spacial score (nSPS) is 18.7. The monoisotopic (exact) mass is 295 g/mol. The van der Waals surface area contributed by atoms with Gasteiger partial charge in [0.2, 0.25) is 0 Å². The van der Waals surface area contributed by atoms with Crippen molar-refractivity contribution in [3.05, 3.63) is 45.0 Å². The number of carbonyl (C=O) groups is 1. The van der Waals surface area contributed by atoms with Crippen LogP contribution in [-0.4, -0.2) is 23.9 Å². The molecule has 2 fully saturated rings. The summed E-state index contributed by atoms with van der Waals surface area (Å²) in [6, 6.07) is 5.07. The van der Waals surface area contributed by atoms with Gasteiger partial charge in [-0.25, -0.2) is 0 Å². The standard InChI is InChI=1S/C15H15Cl2NO/c16-13-4-3-12(9-14(13)17)15(19)18-7-5-11(6-8-18)10-1-2-10/h3-4,9H,1-2,5-8H2. The van der Waals surface area contributed by atoms with Crippen LogP contribution in [0.5, 0.6) is 0 Å². The molecule has 1 aliphatic carbocycles. The number of nitrogens with zero attached hydrogens (tertiary/aromatic N) is 1. The van der Waals surface area contributed by atoms with Crippen LogP contribution in [0.3, 0.4) is 0 Å². The average molecular weight is 296 g/mol. The van der Waals surface area contributed by atoms with Crippen LogP contribution in [-0.2, 0) is 0 Å². The number of benzene rings is 1. The van der Waals surface area contributed by atoms with Crippen LogP contribution in [0.1, 0.15) is 36.0 Å². The van der Waals surface area contributed by atoms with Crippen molar-refractivity contribution in [1.82, 2.24) is 4.90 Å². The number of hydrogen-bond donors (Lipinski definition) is 0. The molecule has 0 aromatic heterocycles. The van der Waals surface area contributed by atoms with Crippen molar-refractivity contribution in [3.63, 3.8) is 0 Å². The van der Waals surface area contributed by atoms with E-state index in [-0.39, 0.29) is 5.91 Å². The zero-order valence-corrected chi connectivity index (χ0v) is 12.1. The van der Waals surface area contributed by atoms with E-state index in [1.807, 2.05) is 4.90 Å². The summed E-state index contributed by atoms with van der Waals surface area (Å²) in [5.41, 5.74) is 3.83. The summed E-state index contributed by atoms with van der Waals surface area (Å²) >= 11 is 11.8. The van der Waals surface area contributed by atoms with Crippen molar-refractivity contribution in [2.24, 2.45) is 0 Å². The highest BCUT2D eigenvalue weighted by Crippen LogP contribution is 2.36. The largest absolute Gasteiger partial charge is 0.338 e. The summed E-state index contributed by atoms with van der Waals surface area (Å²) < 4.78 is 0. The zero-order chi connectivity index (χ0) is 13.4. The number of likely N-dealkylation sites (tertiary alicyclic amines) is 1. The molecule has 1 saturated heterocycles. The van der Waals surface area contributed by atoms with Crippen LogP contribution >= 0.6 is 23.2 Å². The molecule has 100 valence electrons. The van der Waals surface area contributed by atoms with E-state index < -0.39 is 0 Å². The lowest BCUT2D eigenvalue weighted by Gasteiger charge is -2.28. The van der Waals surface area contributed by atoms with Crippen molar-refractivity contribution in [3.8, 4) is 0 Å². The summed E-state index contributed by atoms with van der Waals surface area (Å²) in [6.07, 6.45) is 4.61. The Hall–Kier alpha value is -0.990. The van der Waals surface area contributed by atoms with Gasteiger partial charge in [-0.05, 0) is 43.9 Å². The van der Waals surface area contributed by atoms with Crippen LogP contribution in [0.2, 0.25) is 10.0 Å². The van der Waals surface area contributed by atoms with Gasteiger partial charge in [-0.3, -0.25) is 4.79 Å². The van der Waals surface area contributed by atoms with Gasteiger partial charge in [0.05, 0.1) is 10.0 Å². The van der Waals surface area contributed by atoms with E-state index in [9.17, 15) is 4.79 Å². The Morgan fingerprint density at radius 3 is 2.16 bits per heavy atom. The molecule has 2 nitrogen and oxygen atoms in total. The molecule has 0 spiro atoms. The summed E-state index contributed by atoms with van der Waals surface area (Å²) in [4.78, 5) is 14.3. The Balaban J connectivity index is 1.70. The number of carbonyl (C=O) groups excluding carboxylic acids is 1. The Kier molecular flexibility index (Phi) is 3.55. The van der Waals surface area contributed by atoms with E-state index in [2.05, 4.69) is 0 Å². The smallest absolute Gasteiger partial charge is 0.253 e. The third kappa shape index (κ3) is 2.80. The van der Waals surface area contributed by atoms with Crippen molar-refractivity contribution < 1.29 is 4.79 Å². The van der Waals surface area contributed by atoms with E-state index in [0.717, 1.165) is 25.9 Å². The van der Waals surface area contributed by atoms with Crippen LogP contribution in [0.4, 0.5) is 0 Å². The Morgan fingerprint density at radius 2 is 1.58 bits per heavy atom. The third-order valence-corrected chi connectivity index (χ3v) is 4.56. The van der Waals surface area contributed by atoms with Gasteiger partial charge in [0.15, 0.2) is 0 Å². The summed E-state index contributed by atoms with van der Waals surface area (Å²) in [7, 11) is 0. The molecular weight excluding hydrogens is 281 g/mol. The number of halogens is 2. The molecule has 1 aromatic rings. The molecule has 0 atom stereocenters. The maximum Gasteiger partial charge on any atom is 0.253 e. The lowest BCUT2D eigenvalue weighted by atomic mass is 10.0. The molecule has 0 radical (unpaired) electrons. The highest BCUT2D eigenvalue weighted by molar-refractivity contribution is 6.42.